The molecule has 0 bridgehead atoms. The molecule has 0 radical (unpaired) electrons. The van der Waals surface area contributed by atoms with Crippen molar-refractivity contribution in [2.75, 3.05) is 0 Å². The van der Waals surface area contributed by atoms with Crippen LogP contribution in [0, 0.1) is 5.41 Å². The highest BCUT2D eigenvalue weighted by atomic mass is 16.1. The average molecular weight is 235 g/mol. The molecule has 0 aromatic carbocycles. The summed E-state index contributed by atoms with van der Waals surface area (Å²) in [5.74, 6) is 0.311. The number of rotatable bonds is 4. The Balaban J connectivity index is 1.93. The summed E-state index contributed by atoms with van der Waals surface area (Å²) in [5, 5.41) is 4.11. The van der Waals surface area contributed by atoms with Gasteiger partial charge in [-0.15, -0.1) is 0 Å². The molecule has 4 nitrogen and oxygen atoms in total. The van der Waals surface area contributed by atoms with Gasteiger partial charge in [0.2, 0.25) is 0 Å². The van der Waals surface area contributed by atoms with Crippen LogP contribution in [0.15, 0.2) is 12.4 Å². The molecular formula is C13H21N3O. The van der Waals surface area contributed by atoms with Crippen molar-refractivity contribution in [1.82, 2.24) is 9.78 Å². The third-order valence-corrected chi connectivity index (χ3v) is 4.07. The second-order valence-electron chi connectivity index (χ2n) is 5.36. The van der Waals surface area contributed by atoms with Gasteiger partial charge in [-0.1, -0.05) is 13.3 Å². The SMILES string of the molecule is Cn1cc(CCC(=O)C2(C)CCCC2N)cn1. The topological polar surface area (TPSA) is 60.9 Å². The molecule has 1 heterocycles. The Morgan fingerprint density at radius 1 is 1.71 bits per heavy atom. The molecule has 1 aliphatic carbocycles. The van der Waals surface area contributed by atoms with Gasteiger partial charge in [0.25, 0.3) is 0 Å². The molecule has 2 rings (SSSR count). The molecule has 1 aromatic rings. The highest BCUT2D eigenvalue weighted by Gasteiger charge is 2.41. The van der Waals surface area contributed by atoms with Gasteiger partial charge in [0.05, 0.1) is 6.20 Å². The summed E-state index contributed by atoms with van der Waals surface area (Å²) >= 11 is 0. The summed E-state index contributed by atoms with van der Waals surface area (Å²) in [4.78, 5) is 12.3. The number of aryl methyl sites for hydroxylation is 2. The molecule has 4 heteroatoms. The minimum absolute atomic E-state index is 0.0453. The molecule has 17 heavy (non-hydrogen) atoms. The fourth-order valence-corrected chi connectivity index (χ4v) is 2.68. The molecule has 2 unspecified atom stereocenters. The van der Waals surface area contributed by atoms with E-state index >= 15 is 0 Å². The molecule has 1 aliphatic rings. The van der Waals surface area contributed by atoms with Gasteiger partial charge in [0.1, 0.15) is 5.78 Å². The second kappa shape index (κ2) is 4.61. The lowest BCUT2D eigenvalue weighted by Crippen LogP contribution is -2.41. The number of hydrogen-bond acceptors (Lipinski definition) is 3. The Morgan fingerprint density at radius 2 is 2.47 bits per heavy atom. The van der Waals surface area contributed by atoms with E-state index in [1.807, 2.05) is 26.4 Å². The number of aromatic nitrogens is 2. The molecular weight excluding hydrogens is 214 g/mol. The number of nitrogens with zero attached hydrogens (tertiary/aromatic N) is 2. The number of carbonyl (C=O) groups excluding carboxylic acids is 1. The molecule has 1 aromatic heterocycles. The maximum Gasteiger partial charge on any atom is 0.140 e. The van der Waals surface area contributed by atoms with Crippen molar-refractivity contribution >= 4 is 5.78 Å². The van der Waals surface area contributed by atoms with Crippen LogP contribution in [0.3, 0.4) is 0 Å². The summed E-state index contributed by atoms with van der Waals surface area (Å²) in [6, 6.07) is 0.0453. The zero-order chi connectivity index (χ0) is 12.5. The van der Waals surface area contributed by atoms with E-state index in [4.69, 9.17) is 5.73 Å². The lowest BCUT2D eigenvalue weighted by Gasteiger charge is -2.27. The minimum Gasteiger partial charge on any atom is -0.327 e. The smallest absolute Gasteiger partial charge is 0.140 e. The Labute approximate surface area is 102 Å². The van der Waals surface area contributed by atoms with Crippen molar-refractivity contribution in [2.24, 2.45) is 18.2 Å². The molecule has 0 saturated heterocycles. The first-order valence-electron chi connectivity index (χ1n) is 6.29. The van der Waals surface area contributed by atoms with E-state index in [0.29, 0.717) is 12.2 Å². The fraction of sp³-hybridized carbons (Fsp3) is 0.692. The highest BCUT2D eigenvalue weighted by molar-refractivity contribution is 5.85. The predicted octanol–water partition coefficient (Wildman–Crippen LogP) is 1.44. The minimum atomic E-state index is -0.289. The number of carbonyl (C=O) groups is 1. The molecule has 0 amide bonds. The zero-order valence-electron chi connectivity index (χ0n) is 10.6. The third-order valence-electron chi connectivity index (χ3n) is 4.07. The van der Waals surface area contributed by atoms with E-state index in [9.17, 15) is 4.79 Å². The Bertz CT molecular complexity index is 413. The van der Waals surface area contributed by atoms with Crippen LogP contribution in [0.5, 0.6) is 0 Å². The van der Waals surface area contributed by atoms with Gasteiger partial charge in [0, 0.05) is 31.1 Å². The molecule has 94 valence electrons. The predicted molar refractivity (Wildman–Crippen MR) is 66.5 cm³/mol. The van der Waals surface area contributed by atoms with Gasteiger partial charge in [-0.2, -0.15) is 5.10 Å². The van der Waals surface area contributed by atoms with E-state index < -0.39 is 0 Å². The van der Waals surface area contributed by atoms with Crippen molar-refractivity contribution in [3.8, 4) is 0 Å². The van der Waals surface area contributed by atoms with Crippen molar-refractivity contribution in [2.45, 2.75) is 45.1 Å². The van der Waals surface area contributed by atoms with Crippen LogP contribution in [0.25, 0.3) is 0 Å². The highest BCUT2D eigenvalue weighted by Crippen LogP contribution is 2.38. The largest absolute Gasteiger partial charge is 0.327 e. The van der Waals surface area contributed by atoms with Crippen LogP contribution >= 0.6 is 0 Å². The van der Waals surface area contributed by atoms with Gasteiger partial charge in [0.15, 0.2) is 0 Å². The van der Waals surface area contributed by atoms with Crippen LogP contribution < -0.4 is 5.73 Å². The summed E-state index contributed by atoms with van der Waals surface area (Å²) in [5.41, 5.74) is 6.88. The van der Waals surface area contributed by atoms with E-state index in [1.165, 1.54) is 0 Å². The maximum absolute atomic E-state index is 12.3. The number of Topliss-reactive ketones (excluding diaryl/α,β-unsaturated/α-hetero) is 1. The van der Waals surface area contributed by atoms with Crippen molar-refractivity contribution in [3.05, 3.63) is 18.0 Å². The first-order chi connectivity index (χ1) is 8.02. The van der Waals surface area contributed by atoms with Crippen molar-refractivity contribution in [1.29, 1.82) is 0 Å². The summed E-state index contributed by atoms with van der Waals surface area (Å²) < 4.78 is 1.77. The molecule has 2 atom stereocenters. The Morgan fingerprint density at radius 3 is 3.00 bits per heavy atom. The van der Waals surface area contributed by atoms with Crippen LogP contribution in [-0.2, 0) is 18.3 Å². The van der Waals surface area contributed by atoms with Crippen LogP contribution in [0.2, 0.25) is 0 Å². The fourth-order valence-electron chi connectivity index (χ4n) is 2.68. The van der Waals surface area contributed by atoms with Crippen LogP contribution in [0.1, 0.15) is 38.2 Å². The van der Waals surface area contributed by atoms with E-state index in [2.05, 4.69) is 5.10 Å². The monoisotopic (exact) mass is 235 g/mol. The standard InChI is InChI=1S/C13H21N3O/c1-13(7-3-4-11(13)14)12(17)6-5-10-8-15-16(2)9-10/h8-9,11H,3-7,14H2,1-2H3. The van der Waals surface area contributed by atoms with Crippen molar-refractivity contribution < 1.29 is 4.79 Å². The third kappa shape index (κ3) is 2.41. The quantitative estimate of drug-likeness (QED) is 0.859. The molecule has 1 fully saturated rings. The molecule has 2 N–H and O–H groups in total. The number of nitrogens with two attached hydrogens (primary N) is 1. The van der Waals surface area contributed by atoms with E-state index in [-0.39, 0.29) is 11.5 Å². The van der Waals surface area contributed by atoms with Gasteiger partial charge in [-0.3, -0.25) is 9.48 Å². The van der Waals surface area contributed by atoms with Gasteiger partial charge >= 0.3 is 0 Å². The van der Waals surface area contributed by atoms with Crippen LogP contribution in [-0.4, -0.2) is 21.6 Å². The molecule has 0 aliphatic heterocycles. The summed E-state index contributed by atoms with van der Waals surface area (Å²) in [6.45, 7) is 2.02. The van der Waals surface area contributed by atoms with Gasteiger partial charge in [-0.25, -0.2) is 0 Å². The average Bonchev–Trinajstić information content (AvgIpc) is 2.84. The zero-order valence-corrected chi connectivity index (χ0v) is 10.6. The first-order valence-corrected chi connectivity index (χ1v) is 6.29. The van der Waals surface area contributed by atoms with Crippen LogP contribution in [0.4, 0.5) is 0 Å². The lowest BCUT2D eigenvalue weighted by atomic mass is 9.79. The van der Waals surface area contributed by atoms with Gasteiger partial charge in [-0.05, 0) is 24.8 Å². The normalized spacial score (nSPS) is 28.5. The first kappa shape index (κ1) is 12.3. The Kier molecular flexibility index (Phi) is 3.33. The summed E-state index contributed by atoms with van der Waals surface area (Å²) in [6.07, 6.45) is 8.14. The molecule has 0 spiro atoms. The second-order valence-corrected chi connectivity index (χ2v) is 5.36. The Hall–Kier alpha value is -1.16. The van der Waals surface area contributed by atoms with E-state index in [0.717, 1.165) is 31.2 Å². The van der Waals surface area contributed by atoms with Crippen molar-refractivity contribution in [3.63, 3.8) is 0 Å². The van der Waals surface area contributed by atoms with E-state index in [1.54, 1.807) is 4.68 Å². The lowest BCUT2D eigenvalue weighted by molar-refractivity contribution is -0.128. The number of ketones is 1. The number of hydrogen-bond donors (Lipinski definition) is 1. The maximum atomic E-state index is 12.3. The molecule has 1 saturated carbocycles. The summed E-state index contributed by atoms with van der Waals surface area (Å²) in [7, 11) is 1.89. The van der Waals surface area contributed by atoms with Gasteiger partial charge < -0.3 is 5.73 Å².